The van der Waals surface area contributed by atoms with Crippen LogP contribution in [0.3, 0.4) is 0 Å². The summed E-state index contributed by atoms with van der Waals surface area (Å²) in [7, 11) is 0. The van der Waals surface area contributed by atoms with Gasteiger partial charge in [0.2, 0.25) is 0 Å². The van der Waals surface area contributed by atoms with E-state index in [9.17, 15) is 4.79 Å². The van der Waals surface area contributed by atoms with Gasteiger partial charge in [0.05, 0.1) is 6.61 Å². The summed E-state index contributed by atoms with van der Waals surface area (Å²) in [5, 5.41) is 1.80. The third-order valence-corrected chi connectivity index (χ3v) is 7.06. The molecule has 1 aliphatic heterocycles. The number of aromatic nitrogens is 1. The van der Waals surface area contributed by atoms with Crippen molar-refractivity contribution in [2.45, 2.75) is 45.6 Å². The molecule has 186 valence electrons. The number of carbonyl (C=O) groups is 1. The Morgan fingerprint density at radius 3 is 2.50 bits per heavy atom. The van der Waals surface area contributed by atoms with Crippen molar-refractivity contribution in [1.82, 2.24) is 9.88 Å². The summed E-state index contributed by atoms with van der Waals surface area (Å²) < 4.78 is 11.7. The molecule has 1 unspecified atom stereocenters. The first-order valence-electron chi connectivity index (χ1n) is 12.7. The van der Waals surface area contributed by atoms with Crippen LogP contribution in [-0.2, 0) is 12.8 Å². The molecule has 1 atom stereocenters. The van der Waals surface area contributed by atoms with Gasteiger partial charge in [0, 0.05) is 28.2 Å². The number of fused-ring (bicyclic) bond motifs is 3. The number of halogens is 1. The molecule has 1 amide bonds. The lowest BCUT2D eigenvalue weighted by Crippen LogP contribution is -2.42. The van der Waals surface area contributed by atoms with E-state index in [4.69, 9.17) is 21.1 Å². The minimum Gasteiger partial charge on any atom is -0.494 e. The summed E-state index contributed by atoms with van der Waals surface area (Å²) in [5.74, 6) is 1.38. The van der Waals surface area contributed by atoms with Gasteiger partial charge in [-0.2, -0.15) is 0 Å². The number of hydrogen-bond acceptors (Lipinski definition) is 3. The van der Waals surface area contributed by atoms with Crippen LogP contribution in [0.4, 0.5) is 4.79 Å². The molecule has 0 fully saturated rings. The van der Waals surface area contributed by atoms with E-state index in [1.165, 1.54) is 11.1 Å². The number of nitrogens with one attached hydrogen (secondary N) is 1. The molecular formula is C30H31ClN2O3. The van der Waals surface area contributed by atoms with Gasteiger partial charge in [-0.15, -0.1) is 0 Å². The number of ether oxygens (including phenoxy) is 2. The normalized spacial score (nSPS) is 15.1. The largest absolute Gasteiger partial charge is 0.494 e. The fourth-order valence-corrected chi connectivity index (χ4v) is 5.01. The average molecular weight is 503 g/mol. The number of H-pyrrole nitrogens is 1. The molecule has 3 aromatic carbocycles. The van der Waals surface area contributed by atoms with Gasteiger partial charge in [-0.05, 0) is 78.4 Å². The van der Waals surface area contributed by atoms with E-state index in [1.54, 1.807) is 4.90 Å². The summed E-state index contributed by atoms with van der Waals surface area (Å²) in [6.07, 6.45) is 3.40. The molecule has 1 N–H and O–H groups in total. The molecule has 4 aromatic rings. The maximum Gasteiger partial charge on any atom is 0.416 e. The molecule has 0 radical (unpaired) electrons. The van der Waals surface area contributed by atoms with Gasteiger partial charge in [0.1, 0.15) is 17.5 Å². The van der Waals surface area contributed by atoms with Crippen molar-refractivity contribution in [3.63, 3.8) is 0 Å². The second-order valence-corrected chi connectivity index (χ2v) is 9.63. The molecule has 0 saturated carbocycles. The Hall–Kier alpha value is -3.44. The molecule has 2 heterocycles. The minimum absolute atomic E-state index is 0.313. The van der Waals surface area contributed by atoms with Crippen molar-refractivity contribution in [3.05, 3.63) is 94.1 Å². The Bertz CT molecular complexity index is 1350. The highest BCUT2D eigenvalue weighted by atomic mass is 35.5. The number of amides is 1. The SMILES string of the molecule is CCCCOc1ccc(C2c3[nH]c4ccc(Cl)cc4c3CCN2C(=O)Oc2ccc(CC)cc2)cc1. The Morgan fingerprint density at radius 1 is 1.03 bits per heavy atom. The van der Waals surface area contributed by atoms with Crippen LogP contribution in [0.15, 0.2) is 66.7 Å². The highest BCUT2D eigenvalue weighted by molar-refractivity contribution is 6.31. The zero-order chi connectivity index (χ0) is 25.1. The molecule has 36 heavy (non-hydrogen) atoms. The lowest BCUT2D eigenvalue weighted by atomic mass is 9.92. The Balaban J connectivity index is 1.49. The topological polar surface area (TPSA) is 54.6 Å². The summed E-state index contributed by atoms with van der Waals surface area (Å²) in [4.78, 5) is 18.8. The van der Waals surface area contributed by atoms with Crippen LogP contribution in [0, 0.1) is 0 Å². The van der Waals surface area contributed by atoms with Crippen molar-refractivity contribution in [1.29, 1.82) is 0 Å². The number of aryl methyl sites for hydroxylation is 1. The second kappa shape index (κ2) is 10.7. The quantitative estimate of drug-likeness (QED) is 0.263. The Labute approximate surface area is 217 Å². The summed E-state index contributed by atoms with van der Waals surface area (Å²) in [6, 6.07) is 21.3. The standard InChI is InChI=1S/C30H31ClN2O3/c1-3-5-18-35-23-13-8-21(9-14-23)29-28-25(26-19-22(31)10-15-27(26)32-28)16-17-33(29)30(34)36-24-11-6-20(4-2)7-12-24/h6-15,19,29,32H,3-5,16-18H2,1-2H3. The van der Waals surface area contributed by atoms with Crippen LogP contribution in [0.25, 0.3) is 10.9 Å². The molecule has 0 spiro atoms. The number of carbonyl (C=O) groups excluding carboxylic acids is 1. The molecule has 5 rings (SSSR count). The summed E-state index contributed by atoms with van der Waals surface area (Å²) in [5.41, 5.74) is 5.40. The van der Waals surface area contributed by atoms with E-state index in [0.29, 0.717) is 30.3 Å². The molecule has 0 saturated heterocycles. The predicted molar refractivity (Wildman–Crippen MR) is 144 cm³/mol. The number of aromatic amines is 1. The maximum atomic E-state index is 13.5. The fraction of sp³-hybridized carbons (Fsp3) is 0.300. The zero-order valence-electron chi connectivity index (χ0n) is 20.7. The van der Waals surface area contributed by atoms with Gasteiger partial charge >= 0.3 is 6.09 Å². The number of benzene rings is 3. The first-order chi connectivity index (χ1) is 17.6. The molecular weight excluding hydrogens is 472 g/mol. The van der Waals surface area contributed by atoms with Crippen molar-refractivity contribution < 1.29 is 14.3 Å². The van der Waals surface area contributed by atoms with E-state index in [0.717, 1.165) is 47.2 Å². The minimum atomic E-state index is -0.366. The first kappa shape index (κ1) is 24.3. The highest BCUT2D eigenvalue weighted by Crippen LogP contribution is 2.40. The highest BCUT2D eigenvalue weighted by Gasteiger charge is 2.35. The van der Waals surface area contributed by atoms with Crippen molar-refractivity contribution >= 4 is 28.6 Å². The second-order valence-electron chi connectivity index (χ2n) is 9.19. The van der Waals surface area contributed by atoms with E-state index >= 15 is 0 Å². The van der Waals surface area contributed by atoms with Crippen LogP contribution in [0.2, 0.25) is 5.02 Å². The lowest BCUT2D eigenvalue weighted by Gasteiger charge is -2.35. The van der Waals surface area contributed by atoms with E-state index in [-0.39, 0.29) is 12.1 Å². The van der Waals surface area contributed by atoms with Crippen molar-refractivity contribution in [2.24, 2.45) is 0 Å². The van der Waals surface area contributed by atoms with Crippen molar-refractivity contribution in [2.75, 3.05) is 13.2 Å². The number of rotatable bonds is 7. The third kappa shape index (κ3) is 4.93. The molecule has 0 bridgehead atoms. The van der Waals surface area contributed by atoms with E-state index < -0.39 is 0 Å². The van der Waals surface area contributed by atoms with E-state index in [1.807, 2.05) is 66.7 Å². The van der Waals surface area contributed by atoms with Gasteiger partial charge in [0.15, 0.2) is 0 Å². The van der Waals surface area contributed by atoms with Gasteiger partial charge in [-0.3, -0.25) is 4.90 Å². The van der Waals surface area contributed by atoms with Crippen LogP contribution in [0.1, 0.15) is 55.1 Å². The van der Waals surface area contributed by atoms with Gasteiger partial charge in [-0.1, -0.05) is 56.1 Å². The molecule has 6 heteroatoms. The van der Waals surface area contributed by atoms with Crippen LogP contribution >= 0.6 is 11.6 Å². The molecule has 1 aromatic heterocycles. The fourth-order valence-electron chi connectivity index (χ4n) is 4.84. The lowest BCUT2D eigenvalue weighted by molar-refractivity contribution is 0.135. The maximum absolute atomic E-state index is 13.5. The van der Waals surface area contributed by atoms with Crippen LogP contribution in [-0.4, -0.2) is 29.1 Å². The summed E-state index contributed by atoms with van der Waals surface area (Å²) in [6.45, 7) is 5.48. The Morgan fingerprint density at radius 2 is 1.78 bits per heavy atom. The smallest absolute Gasteiger partial charge is 0.416 e. The van der Waals surface area contributed by atoms with Gasteiger partial charge in [-0.25, -0.2) is 4.79 Å². The van der Waals surface area contributed by atoms with E-state index in [2.05, 4.69) is 18.8 Å². The number of hydrogen-bond donors (Lipinski definition) is 1. The third-order valence-electron chi connectivity index (χ3n) is 6.82. The van der Waals surface area contributed by atoms with Crippen LogP contribution in [0.5, 0.6) is 11.5 Å². The Kier molecular flexibility index (Phi) is 7.19. The average Bonchev–Trinajstić information content (AvgIpc) is 3.27. The predicted octanol–water partition coefficient (Wildman–Crippen LogP) is 7.71. The van der Waals surface area contributed by atoms with Crippen LogP contribution < -0.4 is 9.47 Å². The zero-order valence-corrected chi connectivity index (χ0v) is 21.5. The molecule has 1 aliphatic rings. The molecule has 5 nitrogen and oxygen atoms in total. The summed E-state index contributed by atoms with van der Waals surface area (Å²) >= 11 is 6.32. The first-order valence-corrected chi connectivity index (χ1v) is 13.0. The monoisotopic (exact) mass is 502 g/mol. The molecule has 0 aliphatic carbocycles. The van der Waals surface area contributed by atoms with Crippen molar-refractivity contribution in [3.8, 4) is 11.5 Å². The number of unbranched alkanes of at least 4 members (excludes halogenated alkanes) is 1. The van der Waals surface area contributed by atoms with Gasteiger partial charge < -0.3 is 14.5 Å². The number of nitrogens with zero attached hydrogens (tertiary/aromatic N) is 1. The van der Waals surface area contributed by atoms with Gasteiger partial charge in [0.25, 0.3) is 0 Å².